The van der Waals surface area contributed by atoms with Gasteiger partial charge in [-0.3, -0.25) is 4.79 Å². The molecule has 1 aromatic carbocycles. The molecule has 0 unspecified atom stereocenters. The quantitative estimate of drug-likeness (QED) is 0.803. The number of anilines is 1. The van der Waals surface area contributed by atoms with Crippen LogP contribution in [0.4, 0.5) is 5.69 Å². The van der Waals surface area contributed by atoms with Crippen LogP contribution in [0.15, 0.2) is 30.3 Å². The Bertz CT molecular complexity index is 691. The first-order valence-electron chi connectivity index (χ1n) is 8.58. The highest BCUT2D eigenvalue weighted by atomic mass is 16.1. The minimum absolute atomic E-state index is 0.169. The van der Waals surface area contributed by atoms with Gasteiger partial charge in [0.15, 0.2) is 5.78 Å². The SMILES string of the molecule is Cc1ccc(NCC(=O)c2cc(C)n(C3CCCC3)c2C)cc1. The van der Waals surface area contributed by atoms with Crippen LogP contribution in [0.25, 0.3) is 0 Å². The number of hydrogen-bond acceptors (Lipinski definition) is 2. The maximum atomic E-state index is 12.6. The van der Waals surface area contributed by atoms with Gasteiger partial charge in [-0.15, -0.1) is 0 Å². The Kier molecular flexibility index (Phi) is 4.56. The van der Waals surface area contributed by atoms with Gasteiger partial charge in [0.1, 0.15) is 0 Å². The first-order valence-corrected chi connectivity index (χ1v) is 8.58. The van der Waals surface area contributed by atoms with E-state index in [4.69, 9.17) is 0 Å². The van der Waals surface area contributed by atoms with Crippen molar-refractivity contribution in [3.8, 4) is 0 Å². The van der Waals surface area contributed by atoms with Crippen LogP contribution in [-0.4, -0.2) is 16.9 Å². The van der Waals surface area contributed by atoms with Crippen molar-refractivity contribution in [3.63, 3.8) is 0 Å². The van der Waals surface area contributed by atoms with Crippen molar-refractivity contribution in [2.45, 2.75) is 52.5 Å². The van der Waals surface area contributed by atoms with E-state index in [1.165, 1.54) is 36.9 Å². The standard InChI is InChI=1S/C20H26N2O/c1-14-8-10-17(11-9-14)21-13-20(23)19-12-15(2)22(16(19)3)18-6-4-5-7-18/h8-12,18,21H,4-7,13H2,1-3H3. The van der Waals surface area contributed by atoms with E-state index < -0.39 is 0 Å². The number of nitrogens with zero attached hydrogens (tertiary/aromatic N) is 1. The van der Waals surface area contributed by atoms with Crippen LogP contribution in [0.3, 0.4) is 0 Å². The Morgan fingerprint density at radius 3 is 2.43 bits per heavy atom. The lowest BCUT2D eigenvalue weighted by molar-refractivity contribution is 0.101. The zero-order valence-corrected chi connectivity index (χ0v) is 14.4. The highest BCUT2D eigenvalue weighted by Gasteiger charge is 2.23. The number of ketones is 1. The fourth-order valence-electron chi connectivity index (χ4n) is 3.73. The zero-order valence-electron chi connectivity index (χ0n) is 14.4. The second-order valence-electron chi connectivity index (χ2n) is 6.74. The molecular formula is C20H26N2O. The number of aryl methyl sites for hydroxylation is 2. The molecule has 0 amide bonds. The van der Waals surface area contributed by atoms with Crippen LogP contribution in [0.2, 0.25) is 0 Å². The van der Waals surface area contributed by atoms with E-state index in [0.717, 1.165) is 16.9 Å². The van der Waals surface area contributed by atoms with Crippen LogP contribution < -0.4 is 5.32 Å². The summed E-state index contributed by atoms with van der Waals surface area (Å²) in [4.78, 5) is 12.6. The summed E-state index contributed by atoms with van der Waals surface area (Å²) in [7, 11) is 0. The van der Waals surface area contributed by atoms with Crippen LogP contribution >= 0.6 is 0 Å². The third kappa shape index (κ3) is 3.34. The molecule has 1 aliphatic carbocycles. The summed E-state index contributed by atoms with van der Waals surface area (Å²) in [5.74, 6) is 0.169. The molecule has 0 atom stereocenters. The summed E-state index contributed by atoms with van der Waals surface area (Å²) >= 11 is 0. The van der Waals surface area contributed by atoms with Crippen molar-refractivity contribution < 1.29 is 4.79 Å². The van der Waals surface area contributed by atoms with E-state index in [9.17, 15) is 4.79 Å². The van der Waals surface area contributed by atoms with Crippen LogP contribution in [-0.2, 0) is 0 Å². The minimum atomic E-state index is 0.169. The molecule has 2 aromatic rings. The predicted molar refractivity (Wildman–Crippen MR) is 95.4 cm³/mol. The van der Waals surface area contributed by atoms with E-state index in [2.05, 4.69) is 48.9 Å². The molecule has 1 saturated carbocycles. The number of benzene rings is 1. The lowest BCUT2D eigenvalue weighted by Crippen LogP contribution is -2.15. The van der Waals surface area contributed by atoms with E-state index in [1.54, 1.807) is 0 Å². The molecule has 3 nitrogen and oxygen atoms in total. The second kappa shape index (κ2) is 6.61. The van der Waals surface area contributed by atoms with Gasteiger partial charge in [0, 0.05) is 28.7 Å². The molecule has 3 rings (SSSR count). The molecule has 1 fully saturated rings. The first-order chi connectivity index (χ1) is 11.1. The van der Waals surface area contributed by atoms with E-state index in [0.29, 0.717) is 12.6 Å². The average Bonchev–Trinajstić information content (AvgIpc) is 3.14. The molecule has 1 heterocycles. The van der Waals surface area contributed by atoms with Crippen LogP contribution in [0.5, 0.6) is 0 Å². The van der Waals surface area contributed by atoms with Crippen molar-refractivity contribution in [1.29, 1.82) is 0 Å². The number of hydrogen-bond donors (Lipinski definition) is 1. The predicted octanol–water partition coefficient (Wildman–Crippen LogP) is 4.82. The molecular weight excluding hydrogens is 284 g/mol. The Morgan fingerprint density at radius 2 is 1.78 bits per heavy atom. The number of nitrogens with one attached hydrogen (secondary N) is 1. The Morgan fingerprint density at radius 1 is 1.13 bits per heavy atom. The molecule has 3 heteroatoms. The number of carbonyl (C=O) groups is 1. The largest absolute Gasteiger partial charge is 0.378 e. The summed E-state index contributed by atoms with van der Waals surface area (Å²) in [5, 5.41) is 3.24. The average molecular weight is 310 g/mol. The first kappa shape index (κ1) is 15.9. The molecule has 1 aromatic heterocycles. The van der Waals surface area contributed by atoms with Crippen molar-refractivity contribution in [2.24, 2.45) is 0 Å². The van der Waals surface area contributed by atoms with Gasteiger partial charge in [-0.25, -0.2) is 0 Å². The van der Waals surface area contributed by atoms with Gasteiger partial charge in [-0.05, 0) is 51.8 Å². The molecule has 0 bridgehead atoms. The molecule has 0 radical (unpaired) electrons. The van der Waals surface area contributed by atoms with Gasteiger partial charge >= 0.3 is 0 Å². The summed E-state index contributed by atoms with van der Waals surface area (Å²) in [6.07, 6.45) is 5.09. The Hall–Kier alpha value is -2.03. The van der Waals surface area contributed by atoms with E-state index >= 15 is 0 Å². The summed E-state index contributed by atoms with van der Waals surface area (Å²) in [6, 6.07) is 10.8. The number of carbonyl (C=O) groups excluding carboxylic acids is 1. The molecule has 122 valence electrons. The summed E-state index contributed by atoms with van der Waals surface area (Å²) in [6.45, 7) is 6.62. The van der Waals surface area contributed by atoms with Gasteiger partial charge in [0.2, 0.25) is 0 Å². The van der Waals surface area contributed by atoms with Crippen LogP contribution in [0.1, 0.15) is 59.0 Å². The van der Waals surface area contributed by atoms with E-state index in [-0.39, 0.29) is 5.78 Å². The monoisotopic (exact) mass is 310 g/mol. The van der Waals surface area contributed by atoms with Crippen molar-refractivity contribution in [3.05, 3.63) is 52.8 Å². The minimum Gasteiger partial charge on any atom is -0.378 e. The van der Waals surface area contributed by atoms with Gasteiger partial charge in [0.25, 0.3) is 0 Å². The smallest absolute Gasteiger partial charge is 0.183 e. The lowest BCUT2D eigenvalue weighted by Gasteiger charge is -2.17. The maximum absolute atomic E-state index is 12.6. The fraction of sp³-hybridized carbons (Fsp3) is 0.450. The van der Waals surface area contributed by atoms with Gasteiger partial charge in [-0.2, -0.15) is 0 Å². The lowest BCUT2D eigenvalue weighted by atomic mass is 10.1. The van der Waals surface area contributed by atoms with Gasteiger partial charge in [0.05, 0.1) is 6.54 Å². The second-order valence-corrected chi connectivity index (χ2v) is 6.74. The molecule has 1 aliphatic rings. The third-order valence-corrected chi connectivity index (χ3v) is 4.98. The summed E-state index contributed by atoms with van der Waals surface area (Å²) in [5.41, 5.74) is 5.43. The van der Waals surface area contributed by atoms with Crippen LogP contribution in [0, 0.1) is 20.8 Å². The highest BCUT2D eigenvalue weighted by Crippen LogP contribution is 2.33. The molecule has 1 N–H and O–H groups in total. The number of Topliss-reactive ketones (excluding diaryl/α,β-unsaturated/α-hetero) is 1. The van der Waals surface area contributed by atoms with E-state index in [1.807, 2.05) is 12.1 Å². The van der Waals surface area contributed by atoms with Gasteiger partial charge in [-0.1, -0.05) is 30.5 Å². The highest BCUT2D eigenvalue weighted by molar-refractivity contribution is 6.00. The fourth-order valence-corrected chi connectivity index (χ4v) is 3.73. The molecule has 23 heavy (non-hydrogen) atoms. The van der Waals surface area contributed by atoms with Crippen molar-refractivity contribution >= 4 is 11.5 Å². The Balaban J connectivity index is 1.72. The maximum Gasteiger partial charge on any atom is 0.183 e. The number of aromatic nitrogens is 1. The molecule has 0 aliphatic heterocycles. The van der Waals surface area contributed by atoms with Gasteiger partial charge < -0.3 is 9.88 Å². The Labute approximate surface area is 138 Å². The number of rotatable bonds is 5. The normalized spacial score (nSPS) is 15.1. The zero-order chi connectivity index (χ0) is 16.4. The van der Waals surface area contributed by atoms with Crippen molar-refractivity contribution in [2.75, 3.05) is 11.9 Å². The van der Waals surface area contributed by atoms with Crippen molar-refractivity contribution in [1.82, 2.24) is 4.57 Å². The third-order valence-electron chi connectivity index (χ3n) is 4.98. The molecule has 0 saturated heterocycles. The molecule has 0 spiro atoms. The topological polar surface area (TPSA) is 34.0 Å². The summed E-state index contributed by atoms with van der Waals surface area (Å²) < 4.78 is 2.38.